The summed E-state index contributed by atoms with van der Waals surface area (Å²) in [5.41, 5.74) is 2.00. The zero-order chi connectivity index (χ0) is 16.4. The Morgan fingerprint density at radius 3 is 2.91 bits per heavy atom. The number of aromatic hydroxyl groups is 1. The second-order valence-corrected chi connectivity index (χ2v) is 7.70. The molecule has 1 N–H and O–H groups in total. The molecule has 1 saturated heterocycles. The number of piperidine rings is 1. The molecule has 4 rings (SSSR count). The monoisotopic (exact) mass is 315 g/mol. The number of methoxy groups -OCH3 is 1. The van der Waals surface area contributed by atoms with E-state index in [1.54, 1.807) is 7.11 Å². The van der Waals surface area contributed by atoms with Gasteiger partial charge in [0, 0.05) is 29.4 Å². The SMILES string of the molecule is COc1ccc2c(c1O)[C@]13CCN(C)[C@H](C2)[C@@H]1CC(C)C(=O)C3. The number of hydrogen-bond acceptors (Lipinski definition) is 4. The first-order valence-electron chi connectivity index (χ1n) is 8.60. The minimum atomic E-state index is -0.201. The number of hydrogen-bond donors (Lipinski definition) is 1. The normalized spacial score (nSPS) is 36.3. The maximum Gasteiger partial charge on any atom is 0.161 e. The summed E-state index contributed by atoms with van der Waals surface area (Å²) in [4.78, 5) is 15.0. The highest BCUT2D eigenvalue weighted by atomic mass is 16.5. The Bertz CT molecular complexity index is 671. The molecule has 124 valence electrons. The molecule has 1 heterocycles. The van der Waals surface area contributed by atoms with Gasteiger partial charge in [-0.25, -0.2) is 0 Å². The van der Waals surface area contributed by atoms with Gasteiger partial charge in [-0.2, -0.15) is 0 Å². The number of Topliss-reactive ketones (excluding diaryl/α,β-unsaturated/α-hetero) is 1. The van der Waals surface area contributed by atoms with Crippen molar-refractivity contribution in [1.82, 2.24) is 4.90 Å². The molecule has 3 aliphatic rings. The average Bonchev–Trinajstić information content (AvgIpc) is 2.52. The van der Waals surface area contributed by atoms with E-state index in [1.807, 2.05) is 6.07 Å². The number of fused-ring (bicyclic) bond motifs is 1. The number of phenols is 1. The Labute approximate surface area is 137 Å². The molecule has 1 aliphatic heterocycles. The average molecular weight is 315 g/mol. The smallest absolute Gasteiger partial charge is 0.161 e. The van der Waals surface area contributed by atoms with Crippen LogP contribution in [0.4, 0.5) is 0 Å². The first-order chi connectivity index (χ1) is 11.0. The standard InChI is InChI=1S/C19H25NO3/c1-11-8-13-14-9-12-4-5-16(23-3)18(22)17(12)19(13,10-15(11)21)6-7-20(14)2/h4-5,11,13-14,22H,6-10H2,1-3H3/t11?,13-,14+,19-/m0/s1. The lowest BCUT2D eigenvalue weighted by Gasteiger charge is -2.58. The zero-order valence-electron chi connectivity index (χ0n) is 14.1. The number of carbonyl (C=O) groups is 1. The van der Waals surface area contributed by atoms with E-state index in [2.05, 4.69) is 24.9 Å². The number of benzene rings is 1. The van der Waals surface area contributed by atoms with E-state index in [0.717, 1.165) is 31.4 Å². The summed E-state index contributed by atoms with van der Waals surface area (Å²) in [5, 5.41) is 10.8. The Hall–Kier alpha value is -1.55. The molecule has 0 amide bonds. The second-order valence-electron chi connectivity index (χ2n) is 7.70. The molecule has 0 aromatic heterocycles. The summed E-state index contributed by atoms with van der Waals surface area (Å²) in [7, 11) is 3.79. The number of nitrogens with zero attached hydrogens (tertiary/aromatic N) is 1. The van der Waals surface area contributed by atoms with E-state index in [0.29, 0.717) is 29.9 Å². The molecule has 23 heavy (non-hydrogen) atoms. The lowest BCUT2D eigenvalue weighted by atomic mass is 9.50. The third-order valence-corrected chi connectivity index (χ3v) is 6.67. The summed E-state index contributed by atoms with van der Waals surface area (Å²) in [6, 6.07) is 4.41. The molecule has 4 heteroatoms. The molecule has 4 nitrogen and oxygen atoms in total. The minimum Gasteiger partial charge on any atom is -0.504 e. The van der Waals surface area contributed by atoms with Crippen LogP contribution < -0.4 is 4.74 Å². The first kappa shape index (κ1) is 15.0. The van der Waals surface area contributed by atoms with Crippen molar-refractivity contribution in [2.75, 3.05) is 20.7 Å². The van der Waals surface area contributed by atoms with Crippen LogP contribution >= 0.6 is 0 Å². The summed E-state index contributed by atoms with van der Waals surface area (Å²) in [5.74, 6) is 1.72. The molecule has 0 radical (unpaired) electrons. The molecule has 1 unspecified atom stereocenters. The van der Waals surface area contributed by atoms with Crippen molar-refractivity contribution in [3.63, 3.8) is 0 Å². The number of rotatable bonds is 1. The van der Waals surface area contributed by atoms with Crippen LogP contribution in [-0.2, 0) is 16.6 Å². The van der Waals surface area contributed by atoms with E-state index in [9.17, 15) is 9.90 Å². The lowest BCUT2D eigenvalue weighted by molar-refractivity contribution is -0.132. The van der Waals surface area contributed by atoms with Crippen molar-refractivity contribution in [2.45, 2.75) is 44.1 Å². The Morgan fingerprint density at radius 2 is 2.17 bits per heavy atom. The van der Waals surface area contributed by atoms with Crippen molar-refractivity contribution in [3.05, 3.63) is 23.3 Å². The summed E-state index contributed by atoms with van der Waals surface area (Å²) in [6.45, 7) is 3.05. The summed E-state index contributed by atoms with van der Waals surface area (Å²) >= 11 is 0. The molecule has 4 atom stereocenters. The highest BCUT2D eigenvalue weighted by Crippen LogP contribution is 2.58. The van der Waals surface area contributed by atoms with Gasteiger partial charge in [-0.3, -0.25) is 4.79 Å². The largest absolute Gasteiger partial charge is 0.504 e. The molecular formula is C19H25NO3. The van der Waals surface area contributed by atoms with Gasteiger partial charge in [0.25, 0.3) is 0 Å². The summed E-state index contributed by atoms with van der Waals surface area (Å²) < 4.78 is 5.35. The van der Waals surface area contributed by atoms with E-state index in [-0.39, 0.29) is 17.1 Å². The van der Waals surface area contributed by atoms with E-state index in [1.165, 1.54) is 5.56 Å². The highest BCUT2D eigenvalue weighted by Gasteiger charge is 2.57. The Morgan fingerprint density at radius 1 is 1.39 bits per heavy atom. The molecule has 1 aromatic rings. The zero-order valence-corrected chi connectivity index (χ0v) is 14.1. The van der Waals surface area contributed by atoms with Gasteiger partial charge >= 0.3 is 0 Å². The van der Waals surface area contributed by atoms with E-state index >= 15 is 0 Å². The predicted octanol–water partition coefficient (Wildman–Crippen LogP) is 2.51. The molecular weight excluding hydrogens is 290 g/mol. The van der Waals surface area contributed by atoms with E-state index < -0.39 is 0 Å². The minimum absolute atomic E-state index is 0.136. The number of ether oxygens (including phenoxy) is 1. The number of phenolic OH excluding ortho intramolecular Hbond substituents is 1. The maximum atomic E-state index is 12.6. The third kappa shape index (κ3) is 1.90. The van der Waals surface area contributed by atoms with Crippen LogP contribution in [-0.4, -0.2) is 42.5 Å². The molecule has 1 saturated carbocycles. The quantitative estimate of drug-likeness (QED) is 0.865. The topological polar surface area (TPSA) is 49.8 Å². The molecule has 0 spiro atoms. The fourth-order valence-electron chi connectivity index (χ4n) is 5.43. The third-order valence-electron chi connectivity index (χ3n) is 6.67. The number of ketones is 1. The Kier molecular flexibility index (Phi) is 3.24. The Balaban J connectivity index is 1.94. The first-order valence-corrected chi connectivity index (χ1v) is 8.60. The highest BCUT2D eigenvalue weighted by molar-refractivity contribution is 5.84. The number of likely N-dealkylation sites (tertiary alicyclic amines) is 1. The fourth-order valence-corrected chi connectivity index (χ4v) is 5.43. The molecule has 2 aliphatic carbocycles. The van der Waals surface area contributed by atoms with Gasteiger partial charge in [-0.15, -0.1) is 0 Å². The van der Waals surface area contributed by atoms with Gasteiger partial charge in [0.15, 0.2) is 11.5 Å². The summed E-state index contributed by atoms with van der Waals surface area (Å²) in [6.07, 6.45) is 3.40. The van der Waals surface area contributed by atoms with Gasteiger partial charge in [0.1, 0.15) is 5.78 Å². The van der Waals surface area contributed by atoms with E-state index in [4.69, 9.17) is 4.74 Å². The van der Waals surface area contributed by atoms with Gasteiger partial charge in [0.05, 0.1) is 7.11 Å². The molecule has 2 fully saturated rings. The van der Waals surface area contributed by atoms with Crippen LogP contribution in [0, 0.1) is 11.8 Å². The van der Waals surface area contributed by atoms with Crippen molar-refractivity contribution in [3.8, 4) is 11.5 Å². The molecule has 2 bridgehead atoms. The van der Waals surface area contributed by atoms with Gasteiger partial charge in [-0.1, -0.05) is 13.0 Å². The van der Waals surface area contributed by atoms with Crippen molar-refractivity contribution in [1.29, 1.82) is 0 Å². The van der Waals surface area contributed by atoms with Crippen molar-refractivity contribution < 1.29 is 14.6 Å². The van der Waals surface area contributed by atoms with Crippen molar-refractivity contribution >= 4 is 5.78 Å². The van der Waals surface area contributed by atoms with Gasteiger partial charge in [-0.05, 0) is 50.4 Å². The van der Waals surface area contributed by atoms with Crippen LogP contribution in [0.3, 0.4) is 0 Å². The van der Waals surface area contributed by atoms with Crippen LogP contribution in [0.15, 0.2) is 12.1 Å². The van der Waals surface area contributed by atoms with Gasteiger partial charge in [0.2, 0.25) is 0 Å². The second kappa shape index (κ2) is 4.97. The molecule has 1 aromatic carbocycles. The van der Waals surface area contributed by atoms with Crippen LogP contribution in [0.25, 0.3) is 0 Å². The van der Waals surface area contributed by atoms with Gasteiger partial charge < -0.3 is 14.7 Å². The predicted molar refractivity (Wildman–Crippen MR) is 88.0 cm³/mol. The van der Waals surface area contributed by atoms with Crippen LogP contribution in [0.5, 0.6) is 11.5 Å². The fraction of sp³-hybridized carbons (Fsp3) is 0.632. The van der Waals surface area contributed by atoms with Crippen LogP contribution in [0.1, 0.15) is 37.3 Å². The van der Waals surface area contributed by atoms with Crippen LogP contribution in [0.2, 0.25) is 0 Å². The number of likely N-dealkylation sites (N-methyl/N-ethyl adjacent to an activating group) is 1. The van der Waals surface area contributed by atoms with Crippen molar-refractivity contribution in [2.24, 2.45) is 11.8 Å². The lowest BCUT2D eigenvalue weighted by Crippen LogP contribution is -2.62. The maximum absolute atomic E-state index is 12.6. The number of carbonyl (C=O) groups excluding carboxylic acids is 1.